The molecule has 0 atom stereocenters. The lowest BCUT2D eigenvalue weighted by Crippen LogP contribution is -1.93. The summed E-state index contributed by atoms with van der Waals surface area (Å²) in [4.78, 5) is 8.77. The topological polar surface area (TPSA) is 25.8 Å². The van der Waals surface area contributed by atoms with Crippen LogP contribution >= 0.6 is 22.6 Å². The van der Waals surface area contributed by atoms with Crippen molar-refractivity contribution in [2.45, 2.75) is 6.92 Å². The van der Waals surface area contributed by atoms with Gasteiger partial charge in [0.15, 0.2) is 5.82 Å². The summed E-state index contributed by atoms with van der Waals surface area (Å²) in [7, 11) is 0. The van der Waals surface area contributed by atoms with Crippen LogP contribution in [0, 0.1) is 10.6 Å². The lowest BCUT2D eigenvalue weighted by molar-refractivity contribution is 1.09. The molecule has 0 amide bonds. The quantitative estimate of drug-likeness (QED) is 0.597. The third-order valence-corrected chi connectivity index (χ3v) is 2.41. The molecular weight excluding hydrogens is 287 g/mol. The van der Waals surface area contributed by atoms with Crippen molar-refractivity contribution in [2.75, 3.05) is 0 Å². The van der Waals surface area contributed by atoms with Crippen molar-refractivity contribution in [3.05, 3.63) is 45.8 Å². The Morgan fingerprint density at radius 1 is 1.07 bits per heavy atom. The van der Waals surface area contributed by atoms with Crippen molar-refractivity contribution in [1.29, 1.82) is 0 Å². The highest BCUT2D eigenvalue weighted by Gasteiger charge is 2.01. The summed E-state index contributed by atoms with van der Waals surface area (Å²) in [5.41, 5.74) is 2.07. The summed E-state index contributed by atoms with van der Waals surface area (Å²) in [5.74, 6) is 0.801. The largest absolute Gasteiger partial charge is 0.233 e. The maximum atomic E-state index is 4.39. The maximum absolute atomic E-state index is 4.39. The Morgan fingerprint density at radius 3 is 2.43 bits per heavy atom. The molecule has 3 heteroatoms. The third-order valence-electron chi connectivity index (χ3n) is 1.85. The van der Waals surface area contributed by atoms with E-state index in [1.165, 1.54) is 0 Å². The van der Waals surface area contributed by atoms with Crippen molar-refractivity contribution < 1.29 is 0 Å². The predicted octanol–water partition coefficient (Wildman–Crippen LogP) is 3.06. The van der Waals surface area contributed by atoms with Crippen LogP contribution in [0.15, 0.2) is 36.4 Å². The van der Waals surface area contributed by atoms with Gasteiger partial charge in [-0.2, -0.15) is 0 Å². The zero-order valence-electron chi connectivity index (χ0n) is 7.74. The lowest BCUT2D eigenvalue weighted by atomic mass is 10.2. The average molecular weight is 296 g/mol. The molecule has 0 saturated carbocycles. The van der Waals surface area contributed by atoms with E-state index in [2.05, 4.69) is 32.6 Å². The van der Waals surface area contributed by atoms with E-state index in [1.807, 2.05) is 43.3 Å². The molecule has 14 heavy (non-hydrogen) atoms. The highest BCUT2D eigenvalue weighted by atomic mass is 127. The number of aryl methyl sites for hydroxylation is 1. The van der Waals surface area contributed by atoms with Gasteiger partial charge in [0.2, 0.25) is 0 Å². The van der Waals surface area contributed by atoms with E-state index in [0.29, 0.717) is 0 Å². The maximum Gasteiger partial charge on any atom is 0.160 e. The molecule has 2 aromatic rings. The van der Waals surface area contributed by atoms with E-state index in [-0.39, 0.29) is 0 Å². The molecule has 0 radical (unpaired) electrons. The summed E-state index contributed by atoms with van der Waals surface area (Å²) in [6.07, 6.45) is 0. The highest BCUT2D eigenvalue weighted by Crippen LogP contribution is 2.15. The summed E-state index contributed by atoms with van der Waals surface area (Å²) in [6, 6.07) is 12.0. The minimum absolute atomic E-state index is 0.801. The van der Waals surface area contributed by atoms with E-state index < -0.39 is 0 Å². The second-order valence-electron chi connectivity index (χ2n) is 3.02. The smallest absolute Gasteiger partial charge is 0.160 e. The van der Waals surface area contributed by atoms with Gasteiger partial charge in [0.25, 0.3) is 0 Å². The number of hydrogen-bond acceptors (Lipinski definition) is 2. The van der Waals surface area contributed by atoms with E-state index >= 15 is 0 Å². The van der Waals surface area contributed by atoms with E-state index in [4.69, 9.17) is 0 Å². The van der Waals surface area contributed by atoms with Crippen molar-refractivity contribution in [3.63, 3.8) is 0 Å². The lowest BCUT2D eigenvalue weighted by Gasteiger charge is -2.01. The molecule has 0 unspecified atom stereocenters. The standard InChI is InChI=1S/C11H9IN2/c1-8-7-10(12)14-11(13-8)9-5-3-2-4-6-9/h2-7H,1H3. The zero-order valence-corrected chi connectivity index (χ0v) is 9.89. The van der Waals surface area contributed by atoms with Crippen LogP contribution in [0.1, 0.15) is 5.69 Å². The Kier molecular flexibility index (Phi) is 2.77. The van der Waals surface area contributed by atoms with E-state index in [9.17, 15) is 0 Å². The van der Waals surface area contributed by atoms with Crippen molar-refractivity contribution in [2.24, 2.45) is 0 Å². The van der Waals surface area contributed by atoms with Crippen LogP contribution in [-0.4, -0.2) is 9.97 Å². The van der Waals surface area contributed by atoms with Crippen LogP contribution in [0.2, 0.25) is 0 Å². The minimum atomic E-state index is 0.801. The Morgan fingerprint density at radius 2 is 1.79 bits per heavy atom. The predicted molar refractivity (Wildman–Crippen MR) is 64.9 cm³/mol. The van der Waals surface area contributed by atoms with Gasteiger partial charge >= 0.3 is 0 Å². The zero-order chi connectivity index (χ0) is 9.97. The molecule has 2 rings (SSSR count). The fraction of sp³-hybridized carbons (Fsp3) is 0.0909. The first kappa shape index (κ1) is 9.58. The minimum Gasteiger partial charge on any atom is -0.233 e. The fourth-order valence-electron chi connectivity index (χ4n) is 1.25. The van der Waals surface area contributed by atoms with Crippen LogP contribution < -0.4 is 0 Å². The molecule has 70 valence electrons. The Bertz CT molecular complexity index is 420. The fourth-order valence-corrected chi connectivity index (χ4v) is 1.93. The van der Waals surface area contributed by atoms with Crippen LogP contribution in [0.3, 0.4) is 0 Å². The number of benzene rings is 1. The number of halogens is 1. The van der Waals surface area contributed by atoms with Gasteiger partial charge in [0, 0.05) is 11.3 Å². The molecule has 1 aromatic heterocycles. The molecule has 0 aliphatic rings. The number of hydrogen-bond donors (Lipinski definition) is 0. The Balaban J connectivity index is 2.52. The van der Waals surface area contributed by atoms with E-state index in [0.717, 1.165) is 20.8 Å². The van der Waals surface area contributed by atoms with Crippen molar-refractivity contribution in [3.8, 4) is 11.4 Å². The second-order valence-corrected chi connectivity index (χ2v) is 4.13. The van der Waals surface area contributed by atoms with Gasteiger partial charge in [0.05, 0.1) is 0 Å². The van der Waals surface area contributed by atoms with Crippen LogP contribution in [0.4, 0.5) is 0 Å². The van der Waals surface area contributed by atoms with Gasteiger partial charge in [0.1, 0.15) is 3.70 Å². The molecule has 0 bridgehead atoms. The average Bonchev–Trinajstić information content (AvgIpc) is 2.18. The summed E-state index contributed by atoms with van der Waals surface area (Å²) in [5, 5.41) is 0. The molecule has 0 fully saturated rings. The van der Waals surface area contributed by atoms with E-state index in [1.54, 1.807) is 0 Å². The Labute approximate surface area is 96.6 Å². The number of nitrogens with zero attached hydrogens (tertiary/aromatic N) is 2. The number of aromatic nitrogens is 2. The molecule has 0 spiro atoms. The third kappa shape index (κ3) is 2.09. The molecule has 0 N–H and O–H groups in total. The van der Waals surface area contributed by atoms with Gasteiger partial charge in [-0.3, -0.25) is 0 Å². The van der Waals surface area contributed by atoms with Gasteiger partial charge in [-0.05, 0) is 35.6 Å². The van der Waals surface area contributed by atoms with Crippen LogP contribution in [-0.2, 0) is 0 Å². The van der Waals surface area contributed by atoms with Crippen molar-refractivity contribution >= 4 is 22.6 Å². The molecule has 1 heterocycles. The van der Waals surface area contributed by atoms with Crippen LogP contribution in [0.5, 0.6) is 0 Å². The first-order valence-corrected chi connectivity index (χ1v) is 5.40. The van der Waals surface area contributed by atoms with Crippen molar-refractivity contribution in [1.82, 2.24) is 9.97 Å². The first-order valence-electron chi connectivity index (χ1n) is 4.32. The SMILES string of the molecule is Cc1cc(I)nc(-c2ccccc2)n1. The second kappa shape index (κ2) is 4.04. The normalized spacial score (nSPS) is 10.1. The van der Waals surface area contributed by atoms with Gasteiger partial charge in [-0.25, -0.2) is 9.97 Å². The molecule has 0 saturated heterocycles. The molecule has 1 aromatic carbocycles. The first-order chi connectivity index (χ1) is 6.75. The monoisotopic (exact) mass is 296 g/mol. The number of rotatable bonds is 1. The summed E-state index contributed by atoms with van der Waals surface area (Å²) in [6.45, 7) is 1.98. The van der Waals surface area contributed by atoms with Gasteiger partial charge in [-0.1, -0.05) is 30.3 Å². The Hall–Kier alpha value is -0.970. The highest BCUT2D eigenvalue weighted by molar-refractivity contribution is 14.1. The van der Waals surface area contributed by atoms with Gasteiger partial charge in [-0.15, -0.1) is 0 Å². The summed E-state index contributed by atoms with van der Waals surface area (Å²) < 4.78 is 0.981. The van der Waals surface area contributed by atoms with Crippen LogP contribution in [0.25, 0.3) is 11.4 Å². The molecular formula is C11H9IN2. The summed E-state index contributed by atoms with van der Waals surface area (Å²) >= 11 is 2.21. The molecule has 0 aliphatic carbocycles. The molecule has 2 nitrogen and oxygen atoms in total. The van der Waals surface area contributed by atoms with Gasteiger partial charge < -0.3 is 0 Å². The molecule has 0 aliphatic heterocycles.